The highest BCUT2D eigenvalue weighted by Gasteiger charge is 2.47. The molecule has 0 saturated heterocycles. The van der Waals surface area contributed by atoms with Crippen LogP contribution < -0.4 is 0 Å². The van der Waals surface area contributed by atoms with E-state index in [0.29, 0.717) is 0 Å². The van der Waals surface area contributed by atoms with Crippen molar-refractivity contribution >= 4 is 9.05 Å². The van der Waals surface area contributed by atoms with E-state index >= 15 is 0 Å². The van der Waals surface area contributed by atoms with Gasteiger partial charge in [-0.25, -0.2) is 0 Å². The third-order valence-corrected chi connectivity index (χ3v) is 3.83. The van der Waals surface area contributed by atoms with Gasteiger partial charge in [-0.05, 0) is 0 Å². The summed E-state index contributed by atoms with van der Waals surface area (Å²) >= 11 is 0. The molecule has 0 fully saturated rings. The molecule has 0 spiro atoms. The molecule has 0 aromatic rings. The fourth-order valence-corrected chi connectivity index (χ4v) is 2.71. The number of hydrogen-bond acceptors (Lipinski definition) is 7. The summed E-state index contributed by atoms with van der Waals surface area (Å²) in [5.74, 6) is 0. The second-order valence-electron chi connectivity index (χ2n) is 3.05. The Labute approximate surface area is 113 Å². The summed E-state index contributed by atoms with van der Waals surface area (Å²) in [6.45, 7) is 3.64. The minimum absolute atomic E-state index is 0.0790. The Hall–Kier alpha value is -1.89. The summed E-state index contributed by atoms with van der Waals surface area (Å²) in [6.07, 6.45) is 1.58. The lowest BCUT2D eigenvalue weighted by Crippen LogP contribution is -2.48. The lowest BCUT2D eigenvalue weighted by atomic mass is 10.5. The van der Waals surface area contributed by atoms with E-state index in [1.807, 2.05) is 18.2 Å². The number of nitrogens with zero attached hydrogens (tertiary/aromatic N) is 3. The smallest absolute Gasteiger partial charge is 0.487 e. The molecule has 0 aliphatic rings. The quantitative estimate of drug-likeness (QED) is 0.319. The number of rotatable bonds is 11. The second kappa shape index (κ2) is 11.2. The van der Waals surface area contributed by atoms with Gasteiger partial charge in [-0.15, -0.1) is 0 Å². The predicted molar refractivity (Wildman–Crippen MR) is 65.6 cm³/mol. The van der Waals surface area contributed by atoms with Gasteiger partial charge in [-0.3, -0.25) is 0 Å². The topological polar surface area (TPSA) is 108 Å². The average Bonchev–Trinajstić information content (AvgIpc) is 2.40. The van der Waals surface area contributed by atoms with Crippen LogP contribution in [0.15, 0.2) is 12.8 Å². The standard InChI is InChI=1S/C11H15N3O4Si/c1-2-15-19(16-9-3-6-12,17-10-4-7-13)18-11-5-8-14/h2H,1,3-5,9-11H2. The van der Waals surface area contributed by atoms with Crippen LogP contribution in [0.2, 0.25) is 0 Å². The largest absolute Gasteiger partial charge is 0.749 e. The summed E-state index contributed by atoms with van der Waals surface area (Å²) in [7, 11) is -3.48. The van der Waals surface area contributed by atoms with E-state index < -0.39 is 9.05 Å². The molecule has 0 N–H and O–H groups in total. The predicted octanol–water partition coefficient (Wildman–Crippen LogP) is 1.37. The van der Waals surface area contributed by atoms with Crippen LogP contribution in [0.25, 0.3) is 0 Å². The zero-order valence-corrected chi connectivity index (χ0v) is 11.5. The molecular weight excluding hydrogens is 266 g/mol. The van der Waals surface area contributed by atoms with E-state index in [2.05, 4.69) is 6.58 Å². The van der Waals surface area contributed by atoms with Crippen LogP contribution in [0.1, 0.15) is 19.3 Å². The lowest BCUT2D eigenvalue weighted by Gasteiger charge is -2.25. The van der Waals surface area contributed by atoms with Gasteiger partial charge in [-0.2, -0.15) is 15.8 Å². The van der Waals surface area contributed by atoms with Gasteiger partial charge in [0.2, 0.25) is 0 Å². The van der Waals surface area contributed by atoms with Gasteiger partial charge < -0.3 is 17.7 Å². The van der Waals surface area contributed by atoms with Crippen LogP contribution in [0.4, 0.5) is 0 Å². The molecule has 0 aromatic carbocycles. The van der Waals surface area contributed by atoms with Crippen molar-refractivity contribution in [1.29, 1.82) is 15.8 Å². The average molecular weight is 281 g/mol. The number of hydrogen-bond donors (Lipinski definition) is 0. The third kappa shape index (κ3) is 7.93. The first kappa shape index (κ1) is 17.1. The van der Waals surface area contributed by atoms with Gasteiger partial charge in [0, 0.05) is 0 Å². The molecule has 0 aliphatic heterocycles. The molecule has 0 unspecified atom stereocenters. The minimum atomic E-state index is -3.48. The van der Waals surface area contributed by atoms with Gasteiger partial charge in [0.05, 0.1) is 63.6 Å². The first-order valence-electron chi connectivity index (χ1n) is 5.56. The highest BCUT2D eigenvalue weighted by atomic mass is 28.4. The third-order valence-electron chi connectivity index (χ3n) is 1.71. The van der Waals surface area contributed by atoms with E-state index in [-0.39, 0.29) is 39.1 Å². The van der Waals surface area contributed by atoms with E-state index in [4.69, 9.17) is 33.5 Å². The Balaban J connectivity index is 4.57. The first-order valence-corrected chi connectivity index (χ1v) is 7.19. The molecule has 0 saturated carbocycles. The van der Waals surface area contributed by atoms with Gasteiger partial charge in [0.15, 0.2) is 0 Å². The molecule has 0 bridgehead atoms. The summed E-state index contributed by atoms with van der Waals surface area (Å²) in [6, 6.07) is 5.75. The van der Waals surface area contributed by atoms with Crippen molar-refractivity contribution in [3.05, 3.63) is 12.8 Å². The highest BCUT2D eigenvalue weighted by molar-refractivity contribution is 6.53. The van der Waals surface area contributed by atoms with E-state index in [0.717, 1.165) is 6.26 Å². The van der Waals surface area contributed by atoms with Gasteiger partial charge in [-0.1, -0.05) is 6.58 Å². The molecular formula is C11H15N3O4Si. The highest BCUT2D eigenvalue weighted by Crippen LogP contribution is 2.14. The minimum Gasteiger partial charge on any atom is -0.487 e. The number of nitriles is 3. The maximum atomic E-state index is 8.48. The summed E-state index contributed by atoms with van der Waals surface area (Å²) in [4.78, 5) is 0. The van der Waals surface area contributed by atoms with Crippen LogP contribution >= 0.6 is 0 Å². The van der Waals surface area contributed by atoms with E-state index in [1.54, 1.807) is 0 Å². The van der Waals surface area contributed by atoms with Gasteiger partial charge in [0.1, 0.15) is 0 Å². The van der Waals surface area contributed by atoms with Crippen molar-refractivity contribution in [1.82, 2.24) is 0 Å². The van der Waals surface area contributed by atoms with Gasteiger partial charge >= 0.3 is 9.05 Å². The van der Waals surface area contributed by atoms with Crippen molar-refractivity contribution in [3.8, 4) is 18.2 Å². The van der Waals surface area contributed by atoms with Crippen LogP contribution in [-0.2, 0) is 17.7 Å². The van der Waals surface area contributed by atoms with Crippen LogP contribution in [0.5, 0.6) is 0 Å². The zero-order valence-electron chi connectivity index (χ0n) is 10.5. The Bertz CT molecular complexity index is 333. The Morgan fingerprint density at radius 1 is 0.842 bits per heavy atom. The van der Waals surface area contributed by atoms with Crippen LogP contribution in [0, 0.1) is 34.0 Å². The monoisotopic (exact) mass is 281 g/mol. The molecule has 19 heavy (non-hydrogen) atoms. The summed E-state index contributed by atoms with van der Waals surface area (Å²) in [5, 5.41) is 25.4. The van der Waals surface area contributed by atoms with Crippen molar-refractivity contribution in [2.24, 2.45) is 0 Å². The second-order valence-corrected chi connectivity index (χ2v) is 5.16. The maximum absolute atomic E-state index is 8.48. The molecule has 0 aromatic heterocycles. The normalized spacial score (nSPS) is 9.95. The molecule has 0 heterocycles. The fraction of sp³-hybridized carbons (Fsp3) is 0.545. The zero-order chi connectivity index (χ0) is 14.4. The SMILES string of the molecule is C=CO[Si](OCCC#N)(OCCC#N)OCCC#N. The molecule has 0 rings (SSSR count). The van der Waals surface area contributed by atoms with Crippen molar-refractivity contribution in [2.45, 2.75) is 19.3 Å². The molecule has 0 amide bonds. The molecule has 7 nitrogen and oxygen atoms in total. The van der Waals surface area contributed by atoms with E-state index in [1.165, 1.54) is 0 Å². The van der Waals surface area contributed by atoms with Crippen molar-refractivity contribution in [3.63, 3.8) is 0 Å². The maximum Gasteiger partial charge on any atom is 0.749 e. The molecule has 102 valence electrons. The van der Waals surface area contributed by atoms with Crippen molar-refractivity contribution < 1.29 is 17.7 Å². The van der Waals surface area contributed by atoms with Crippen molar-refractivity contribution in [2.75, 3.05) is 19.8 Å². The first-order chi connectivity index (χ1) is 9.24. The molecule has 8 heteroatoms. The van der Waals surface area contributed by atoms with Gasteiger partial charge in [0.25, 0.3) is 0 Å². The molecule has 0 aliphatic carbocycles. The lowest BCUT2D eigenvalue weighted by molar-refractivity contribution is -0.00909. The Morgan fingerprint density at radius 3 is 1.47 bits per heavy atom. The summed E-state index contributed by atoms with van der Waals surface area (Å²) in [5.41, 5.74) is 0. The Morgan fingerprint density at radius 2 is 1.21 bits per heavy atom. The molecule has 0 radical (unpaired) electrons. The van der Waals surface area contributed by atoms with Crippen LogP contribution in [0.3, 0.4) is 0 Å². The fourth-order valence-electron chi connectivity index (χ4n) is 0.994. The Kier molecular flexibility index (Phi) is 10.1. The summed E-state index contributed by atoms with van der Waals surface area (Å²) < 4.78 is 21.3. The molecule has 0 atom stereocenters. The van der Waals surface area contributed by atoms with E-state index in [9.17, 15) is 0 Å². The van der Waals surface area contributed by atoms with Crippen LogP contribution in [-0.4, -0.2) is 28.9 Å².